The predicted octanol–water partition coefficient (Wildman–Crippen LogP) is 4.04. The molecule has 0 amide bonds. The Kier molecular flexibility index (Phi) is 9.97. The SMILES string of the molecule is CCCc1c(OCCCSc2ccc(C/C(=N/N)NN)cc2Cl)ccc(C(C)=O)c1O. The highest BCUT2D eigenvalue weighted by Gasteiger charge is 2.15. The number of benzene rings is 2. The molecule has 0 unspecified atom stereocenters. The van der Waals surface area contributed by atoms with Gasteiger partial charge in [-0.2, -0.15) is 5.10 Å². The summed E-state index contributed by atoms with van der Waals surface area (Å²) in [7, 11) is 0. The van der Waals surface area contributed by atoms with Crippen LogP contribution in [0.1, 0.15) is 48.2 Å². The first-order valence-corrected chi connectivity index (χ1v) is 11.4. The third kappa shape index (κ3) is 7.05. The van der Waals surface area contributed by atoms with E-state index >= 15 is 0 Å². The van der Waals surface area contributed by atoms with Crippen LogP contribution in [0, 0.1) is 0 Å². The number of rotatable bonds is 11. The number of carbonyl (C=O) groups is 1. The second kappa shape index (κ2) is 12.4. The Hall–Kier alpha value is -2.42. The first-order chi connectivity index (χ1) is 14.9. The number of amidine groups is 1. The van der Waals surface area contributed by atoms with E-state index in [4.69, 9.17) is 28.0 Å². The number of hydrazine groups is 1. The predicted molar refractivity (Wildman–Crippen MR) is 127 cm³/mol. The Labute approximate surface area is 192 Å². The van der Waals surface area contributed by atoms with Crippen LogP contribution in [0.25, 0.3) is 0 Å². The highest BCUT2D eigenvalue weighted by Crippen LogP contribution is 2.33. The van der Waals surface area contributed by atoms with Gasteiger partial charge in [-0.1, -0.05) is 31.0 Å². The minimum atomic E-state index is -0.161. The molecule has 0 fully saturated rings. The van der Waals surface area contributed by atoms with Crippen LogP contribution in [-0.2, 0) is 12.8 Å². The third-order valence-corrected chi connectivity index (χ3v) is 6.20. The summed E-state index contributed by atoms with van der Waals surface area (Å²) in [6.45, 7) is 3.96. The number of hydrogen-bond acceptors (Lipinski definition) is 7. The maximum Gasteiger partial charge on any atom is 0.163 e. The number of nitrogens with zero attached hydrogens (tertiary/aromatic N) is 1. The molecular formula is C22H29ClN4O3S. The van der Waals surface area contributed by atoms with E-state index in [1.807, 2.05) is 25.1 Å². The molecule has 0 saturated heterocycles. The average molecular weight is 465 g/mol. The third-order valence-electron chi connectivity index (χ3n) is 4.61. The largest absolute Gasteiger partial charge is 0.507 e. The number of ether oxygens (including phenoxy) is 1. The van der Waals surface area contributed by atoms with Crippen LogP contribution < -0.4 is 21.8 Å². The summed E-state index contributed by atoms with van der Waals surface area (Å²) in [5.41, 5.74) is 4.42. The van der Waals surface area contributed by atoms with Gasteiger partial charge in [-0.05, 0) is 49.6 Å². The summed E-state index contributed by atoms with van der Waals surface area (Å²) in [5, 5.41) is 14.6. The van der Waals surface area contributed by atoms with Crippen molar-refractivity contribution in [3.05, 3.63) is 52.0 Å². The van der Waals surface area contributed by atoms with Crippen molar-refractivity contribution in [3.8, 4) is 11.5 Å². The Morgan fingerprint density at radius 3 is 2.71 bits per heavy atom. The number of phenols is 1. The number of nitrogens with one attached hydrogen (secondary N) is 1. The van der Waals surface area contributed by atoms with E-state index in [-0.39, 0.29) is 11.5 Å². The van der Waals surface area contributed by atoms with E-state index < -0.39 is 0 Å². The summed E-state index contributed by atoms with van der Waals surface area (Å²) in [4.78, 5) is 12.6. The molecule has 0 aliphatic heterocycles. The number of nitrogens with two attached hydrogens (primary N) is 2. The molecule has 31 heavy (non-hydrogen) atoms. The summed E-state index contributed by atoms with van der Waals surface area (Å²) in [5.74, 6) is 12.4. The van der Waals surface area contributed by atoms with Crippen LogP contribution >= 0.6 is 23.4 Å². The van der Waals surface area contributed by atoms with E-state index in [0.29, 0.717) is 47.2 Å². The maximum absolute atomic E-state index is 11.7. The topological polar surface area (TPSA) is 123 Å². The lowest BCUT2D eigenvalue weighted by Crippen LogP contribution is -2.32. The molecule has 0 heterocycles. The van der Waals surface area contributed by atoms with Crippen molar-refractivity contribution in [2.45, 2.75) is 44.4 Å². The quantitative estimate of drug-likeness (QED) is 0.0752. The summed E-state index contributed by atoms with van der Waals surface area (Å²) in [6.07, 6.45) is 2.76. The van der Waals surface area contributed by atoms with Crippen molar-refractivity contribution in [2.75, 3.05) is 12.4 Å². The van der Waals surface area contributed by atoms with Gasteiger partial charge in [0, 0.05) is 22.6 Å². The number of Topliss-reactive ketones (excluding diaryl/α,β-unsaturated/α-hetero) is 1. The molecule has 0 atom stereocenters. The van der Waals surface area contributed by atoms with Crippen LogP contribution in [0.2, 0.25) is 5.02 Å². The van der Waals surface area contributed by atoms with Gasteiger partial charge < -0.3 is 21.1 Å². The standard InChI is InChI=1S/C22H29ClN4O3S/c1-3-5-17-19(8-7-16(14(2)28)22(17)29)30-10-4-11-31-20-9-6-15(12-18(20)23)13-21(26-24)27-25/h6-9,12,29H,3-5,10-11,13,24-25H2,1-2H3,(H,26,27). The van der Waals surface area contributed by atoms with Crippen molar-refractivity contribution in [1.29, 1.82) is 0 Å². The van der Waals surface area contributed by atoms with E-state index in [2.05, 4.69) is 10.5 Å². The minimum absolute atomic E-state index is 0.0285. The van der Waals surface area contributed by atoms with E-state index in [1.165, 1.54) is 6.92 Å². The molecule has 0 saturated carbocycles. The second-order valence-corrected chi connectivity index (χ2v) is 8.50. The van der Waals surface area contributed by atoms with Gasteiger partial charge in [-0.25, -0.2) is 5.84 Å². The van der Waals surface area contributed by atoms with Crippen molar-refractivity contribution in [3.63, 3.8) is 0 Å². The molecule has 2 rings (SSSR count). The fourth-order valence-electron chi connectivity index (χ4n) is 3.05. The van der Waals surface area contributed by atoms with Crippen molar-refractivity contribution in [2.24, 2.45) is 16.8 Å². The summed E-state index contributed by atoms with van der Waals surface area (Å²) in [6, 6.07) is 9.18. The van der Waals surface area contributed by atoms with Crippen LogP contribution in [0.4, 0.5) is 0 Å². The summed E-state index contributed by atoms with van der Waals surface area (Å²) >= 11 is 8.04. The monoisotopic (exact) mass is 464 g/mol. The van der Waals surface area contributed by atoms with Gasteiger partial charge in [-0.15, -0.1) is 11.8 Å². The van der Waals surface area contributed by atoms with E-state index in [0.717, 1.165) is 29.1 Å². The molecule has 0 aliphatic carbocycles. The zero-order chi connectivity index (χ0) is 22.8. The minimum Gasteiger partial charge on any atom is -0.507 e. The molecule has 2 aromatic carbocycles. The van der Waals surface area contributed by atoms with Crippen LogP contribution in [-0.4, -0.2) is 29.1 Å². The number of halogens is 1. The summed E-state index contributed by atoms with van der Waals surface area (Å²) < 4.78 is 5.90. The Balaban J connectivity index is 1.90. The Bertz CT molecular complexity index is 937. The number of aromatic hydroxyl groups is 1. The van der Waals surface area contributed by atoms with Gasteiger partial charge in [0.25, 0.3) is 0 Å². The molecule has 0 radical (unpaired) electrons. The van der Waals surface area contributed by atoms with Crippen molar-refractivity contribution in [1.82, 2.24) is 5.43 Å². The normalized spacial score (nSPS) is 11.4. The average Bonchev–Trinajstić information content (AvgIpc) is 2.75. The fourth-order valence-corrected chi connectivity index (χ4v) is 4.26. The number of ketones is 1. The molecule has 0 spiro atoms. The molecular weight excluding hydrogens is 436 g/mol. The lowest BCUT2D eigenvalue weighted by atomic mass is 10.0. The lowest BCUT2D eigenvalue weighted by molar-refractivity contribution is 0.101. The highest BCUT2D eigenvalue weighted by molar-refractivity contribution is 7.99. The smallest absolute Gasteiger partial charge is 0.163 e. The number of phenolic OH excluding ortho intramolecular Hbond substituents is 1. The number of hydrogen-bond donors (Lipinski definition) is 4. The Morgan fingerprint density at radius 2 is 2.10 bits per heavy atom. The lowest BCUT2D eigenvalue weighted by Gasteiger charge is -2.14. The molecule has 0 aromatic heterocycles. The molecule has 7 nitrogen and oxygen atoms in total. The first kappa shape index (κ1) is 24.8. The Morgan fingerprint density at radius 1 is 1.32 bits per heavy atom. The number of thioether (sulfide) groups is 1. The molecule has 0 bridgehead atoms. The molecule has 6 N–H and O–H groups in total. The van der Waals surface area contributed by atoms with Crippen molar-refractivity contribution >= 4 is 35.0 Å². The highest BCUT2D eigenvalue weighted by atomic mass is 35.5. The first-order valence-electron chi connectivity index (χ1n) is 10.0. The number of hydrazone groups is 1. The maximum atomic E-state index is 11.7. The molecule has 0 aliphatic rings. The van der Waals surface area contributed by atoms with Crippen LogP contribution in [0.5, 0.6) is 11.5 Å². The van der Waals surface area contributed by atoms with Gasteiger partial charge in [0.15, 0.2) is 5.78 Å². The molecule has 168 valence electrons. The molecule has 2 aromatic rings. The van der Waals surface area contributed by atoms with Gasteiger partial charge >= 0.3 is 0 Å². The van der Waals surface area contributed by atoms with Crippen LogP contribution in [0.15, 0.2) is 40.3 Å². The zero-order valence-corrected chi connectivity index (χ0v) is 19.4. The zero-order valence-electron chi connectivity index (χ0n) is 17.8. The van der Waals surface area contributed by atoms with Crippen LogP contribution in [0.3, 0.4) is 0 Å². The van der Waals surface area contributed by atoms with Gasteiger partial charge in [0.2, 0.25) is 0 Å². The molecule has 9 heteroatoms. The van der Waals surface area contributed by atoms with Gasteiger partial charge in [0.1, 0.15) is 17.3 Å². The second-order valence-electron chi connectivity index (χ2n) is 6.96. The van der Waals surface area contributed by atoms with Crippen molar-refractivity contribution < 1.29 is 14.6 Å². The van der Waals surface area contributed by atoms with E-state index in [9.17, 15) is 9.90 Å². The fraction of sp³-hybridized carbons (Fsp3) is 0.364. The van der Waals surface area contributed by atoms with E-state index in [1.54, 1.807) is 23.9 Å². The van der Waals surface area contributed by atoms with Gasteiger partial charge in [0.05, 0.1) is 17.2 Å². The number of carbonyl (C=O) groups excluding carboxylic acids is 1. The van der Waals surface area contributed by atoms with Gasteiger partial charge in [-0.3, -0.25) is 4.79 Å².